The summed E-state index contributed by atoms with van der Waals surface area (Å²) in [6.07, 6.45) is 0. The van der Waals surface area contributed by atoms with Crippen LogP contribution in [0.2, 0.25) is 0 Å². The third kappa shape index (κ3) is 3.15. The molecule has 1 N–H and O–H groups in total. The third-order valence-corrected chi connectivity index (χ3v) is 5.57. The van der Waals surface area contributed by atoms with Crippen LogP contribution in [-0.2, 0) is 6.54 Å². The standard InChI is InChI=1S/C18H26N2S/c1-13(2)16-9-19-18(3,4)12-20(16)10-14-11-21-17-8-6-5-7-15(14)17/h5-8,11,13,16,19H,9-10,12H2,1-4H3. The molecule has 1 saturated heterocycles. The van der Waals surface area contributed by atoms with Crippen LogP contribution >= 0.6 is 11.3 Å². The van der Waals surface area contributed by atoms with E-state index < -0.39 is 0 Å². The maximum Gasteiger partial charge on any atom is 0.0346 e. The zero-order valence-corrected chi connectivity index (χ0v) is 14.3. The number of hydrogen-bond acceptors (Lipinski definition) is 3. The van der Waals surface area contributed by atoms with Crippen molar-refractivity contribution in [1.29, 1.82) is 0 Å². The molecule has 0 aliphatic carbocycles. The van der Waals surface area contributed by atoms with Crippen LogP contribution in [0.4, 0.5) is 0 Å². The van der Waals surface area contributed by atoms with Gasteiger partial charge in [0.25, 0.3) is 0 Å². The Bertz CT molecular complexity index is 614. The first-order valence-corrected chi connectivity index (χ1v) is 8.78. The van der Waals surface area contributed by atoms with Crippen LogP contribution < -0.4 is 5.32 Å². The fourth-order valence-corrected chi connectivity index (χ4v) is 4.35. The molecule has 0 bridgehead atoms. The Kier molecular flexibility index (Phi) is 4.08. The summed E-state index contributed by atoms with van der Waals surface area (Å²) in [5.41, 5.74) is 1.69. The van der Waals surface area contributed by atoms with E-state index in [1.165, 1.54) is 15.6 Å². The van der Waals surface area contributed by atoms with E-state index in [1.807, 2.05) is 11.3 Å². The highest BCUT2D eigenvalue weighted by molar-refractivity contribution is 7.17. The summed E-state index contributed by atoms with van der Waals surface area (Å²) in [5.74, 6) is 0.679. The molecule has 21 heavy (non-hydrogen) atoms. The molecule has 1 aromatic heterocycles. The molecular formula is C18H26N2S. The number of nitrogens with one attached hydrogen (secondary N) is 1. The maximum absolute atomic E-state index is 3.70. The molecule has 1 atom stereocenters. The van der Waals surface area contributed by atoms with Gasteiger partial charge < -0.3 is 5.32 Å². The molecule has 0 amide bonds. The van der Waals surface area contributed by atoms with Gasteiger partial charge in [0, 0.05) is 35.9 Å². The molecule has 2 aromatic rings. The van der Waals surface area contributed by atoms with Crippen LogP contribution in [0, 0.1) is 5.92 Å². The van der Waals surface area contributed by atoms with Crippen molar-refractivity contribution >= 4 is 21.4 Å². The lowest BCUT2D eigenvalue weighted by molar-refractivity contribution is 0.0632. The summed E-state index contributed by atoms with van der Waals surface area (Å²) in [4.78, 5) is 2.68. The number of nitrogens with zero attached hydrogens (tertiary/aromatic N) is 1. The van der Waals surface area contributed by atoms with E-state index >= 15 is 0 Å². The largest absolute Gasteiger partial charge is 0.309 e. The van der Waals surface area contributed by atoms with Crippen LogP contribution in [0.15, 0.2) is 29.6 Å². The average molecular weight is 302 g/mol. The topological polar surface area (TPSA) is 15.3 Å². The zero-order chi connectivity index (χ0) is 15.0. The van der Waals surface area contributed by atoms with Gasteiger partial charge in [-0.15, -0.1) is 11.3 Å². The van der Waals surface area contributed by atoms with Crippen molar-refractivity contribution in [1.82, 2.24) is 10.2 Å². The molecule has 3 rings (SSSR count). The number of hydrogen-bond donors (Lipinski definition) is 1. The zero-order valence-electron chi connectivity index (χ0n) is 13.5. The third-order valence-electron chi connectivity index (χ3n) is 4.56. The fourth-order valence-electron chi connectivity index (χ4n) is 3.40. The normalized spacial score (nSPS) is 23.0. The first-order valence-electron chi connectivity index (χ1n) is 7.90. The Labute approximate surface area is 132 Å². The van der Waals surface area contributed by atoms with Crippen molar-refractivity contribution in [2.45, 2.75) is 45.8 Å². The number of thiophene rings is 1. The van der Waals surface area contributed by atoms with Gasteiger partial charge in [-0.2, -0.15) is 0 Å². The Morgan fingerprint density at radius 3 is 2.86 bits per heavy atom. The summed E-state index contributed by atoms with van der Waals surface area (Å²) in [5, 5.41) is 7.47. The lowest BCUT2D eigenvalue weighted by Crippen LogP contribution is -2.62. The molecule has 2 heterocycles. The van der Waals surface area contributed by atoms with E-state index in [0.29, 0.717) is 12.0 Å². The van der Waals surface area contributed by atoms with Crippen LogP contribution in [0.1, 0.15) is 33.3 Å². The van der Waals surface area contributed by atoms with Gasteiger partial charge in [0.05, 0.1) is 0 Å². The van der Waals surface area contributed by atoms with E-state index in [1.54, 1.807) is 0 Å². The molecule has 1 fully saturated rings. The van der Waals surface area contributed by atoms with Gasteiger partial charge in [-0.05, 0) is 42.2 Å². The van der Waals surface area contributed by atoms with E-state index in [4.69, 9.17) is 0 Å². The van der Waals surface area contributed by atoms with Gasteiger partial charge in [0.1, 0.15) is 0 Å². The highest BCUT2D eigenvalue weighted by atomic mass is 32.1. The van der Waals surface area contributed by atoms with Crippen LogP contribution in [0.3, 0.4) is 0 Å². The number of piperazine rings is 1. The van der Waals surface area contributed by atoms with Crippen molar-refractivity contribution in [3.8, 4) is 0 Å². The molecule has 1 aromatic carbocycles. The summed E-state index contributed by atoms with van der Waals surface area (Å²) < 4.78 is 1.41. The maximum atomic E-state index is 3.70. The van der Waals surface area contributed by atoms with Gasteiger partial charge in [-0.25, -0.2) is 0 Å². The smallest absolute Gasteiger partial charge is 0.0346 e. The predicted octanol–water partition coefficient (Wildman–Crippen LogP) is 4.11. The summed E-state index contributed by atoms with van der Waals surface area (Å²) in [6.45, 7) is 12.6. The Balaban J connectivity index is 1.86. The van der Waals surface area contributed by atoms with E-state index in [-0.39, 0.29) is 5.54 Å². The van der Waals surface area contributed by atoms with Crippen LogP contribution in [-0.4, -0.2) is 29.6 Å². The molecular weight excluding hydrogens is 276 g/mol. The molecule has 0 saturated carbocycles. The number of rotatable bonds is 3. The Morgan fingerprint density at radius 1 is 1.33 bits per heavy atom. The monoisotopic (exact) mass is 302 g/mol. The minimum atomic E-state index is 0.206. The van der Waals surface area contributed by atoms with E-state index in [2.05, 4.69) is 67.6 Å². The minimum absolute atomic E-state index is 0.206. The lowest BCUT2D eigenvalue weighted by Gasteiger charge is -2.46. The molecule has 0 spiro atoms. The lowest BCUT2D eigenvalue weighted by atomic mass is 9.92. The second-order valence-electron chi connectivity index (χ2n) is 7.24. The second-order valence-corrected chi connectivity index (χ2v) is 8.15. The fraction of sp³-hybridized carbons (Fsp3) is 0.556. The van der Waals surface area contributed by atoms with Crippen LogP contribution in [0.5, 0.6) is 0 Å². The van der Waals surface area contributed by atoms with Gasteiger partial charge in [0.2, 0.25) is 0 Å². The molecule has 1 unspecified atom stereocenters. The quantitative estimate of drug-likeness (QED) is 0.918. The van der Waals surface area contributed by atoms with Gasteiger partial charge in [-0.3, -0.25) is 4.90 Å². The van der Waals surface area contributed by atoms with E-state index in [0.717, 1.165) is 19.6 Å². The Hall–Kier alpha value is -0.900. The average Bonchev–Trinajstić information content (AvgIpc) is 2.81. The molecule has 3 heteroatoms. The predicted molar refractivity (Wildman–Crippen MR) is 92.9 cm³/mol. The highest BCUT2D eigenvalue weighted by Crippen LogP contribution is 2.29. The van der Waals surface area contributed by atoms with Crippen molar-refractivity contribution in [2.24, 2.45) is 5.92 Å². The van der Waals surface area contributed by atoms with Crippen molar-refractivity contribution < 1.29 is 0 Å². The SMILES string of the molecule is CC(C)C1CNC(C)(C)CN1Cc1csc2ccccc12. The minimum Gasteiger partial charge on any atom is -0.309 e. The first kappa shape index (κ1) is 15.0. The molecule has 1 aliphatic rings. The van der Waals surface area contributed by atoms with Crippen molar-refractivity contribution in [2.75, 3.05) is 13.1 Å². The number of benzene rings is 1. The Morgan fingerprint density at radius 2 is 2.10 bits per heavy atom. The molecule has 114 valence electrons. The van der Waals surface area contributed by atoms with Crippen LogP contribution in [0.25, 0.3) is 10.1 Å². The summed E-state index contributed by atoms with van der Waals surface area (Å²) in [7, 11) is 0. The van der Waals surface area contributed by atoms with Gasteiger partial charge in [0.15, 0.2) is 0 Å². The van der Waals surface area contributed by atoms with E-state index in [9.17, 15) is 0 Å². The first-order chi connectivity index (χ1) is 9.96. The summed E-state index contributed by atoms with van der Waals surface area (Å²) in [6, 6.07) is 9.40. The van der Waals surface area contributed by atoms with Crippen molar-refractivity contribution in [3.05, 3.63) is 35.2 Å². The van der Waals surface area contributed by atoms with Gasteiger partial charge in [-0.1, -0.05) is 32.0 Å². The second kappa shape index (κ2) is 5.71. The van der Waals surface area contributed by atoms with Gasteiger partial charge >= 0.3 is 0 Å². The molecule has 2 nitrogen and oxygen atoms in total. The highest BCUT2D eigenvalue weighted by Gasteiger charge is 2.34. The molecule has 1 aliphatic heterocycles. The molecule has 0 radical (unpaired) electrons. The number of fused-ring (bicyclic) bond motifs is 1. The van der Waals surface area contributed by atoms with Crippen molar-refractivity contribution in [3.63, 3.8) is 0 Å². The summed E-state index contributed by atoms with van der Waals surface area (Å²) >= 11 is 1.87.